The minimum Gasteiger partial charge on any atom is -0.362 e. The van der Waals surface area contributed by atoms with Crippen molar-refractivity contribution < 1.29 is 0 Å². The van der Waals surface area contributed by atoms with Crippen molar-refractivity contribution in [1.29, 1.82) is 0 Å². The Balaban J connectivity index is 2.14. The van der Waals surface area contributed by atoms with Crippen molar-refractivity contribution in [2.24, 2.45) is 5.92 Å². The Morgan fingerprint density at radius 2 is 2.39 bits per heavy atom. The minimum atomic E-state index is -0.0282. The van der Waals surface area contributed by atoms with E-state index in [2.05, 4.69) is 17.2 Å². The maximum absolute atomic E-state index is 12.1. The molecule has 0 saturated heterocycles. The molecule has 2 atom stereocenters. The predicted molar refractivity (Wildman–Crippen MR) is 74.3 cm³/mol. The quantitative estimate of drug-likeness (QED) is 0.836. The maximum Gasteiger partial charge on any atom is 0.293 e. The van der Waals surface area contributed by atoms with Crippen LogP contribution >= 0.6 is 11.6 Å². The van der Waals surface area contributed by atoms with Crippen LogP contribution in [0, 0.1) is 5.92 Å². The van der Waals surface area contributed by atoms with Crippen LogP contribution in [0.5, 0.6) is 0 Å². The second-order valence-corrected chi connectivity index (χ2v) is 5.18. The lowest BCUT2D eigenvalue weighted by Gasteiger charge is -2.19. The fourth-order valence-electron chi connectivity index (χ4n) is 2.55. The molecule has 4 nitrogen and oxygen atoms in total. The van der Waals surface area contributed by atoms with Gasteiger partial charge in [0.1, 0.15) is 0 Å². The highest BCUT2D eigenvalue weighted by Crippen LogP contribution is 2.28. The molecule has 0 amide bonds. The molecule has 0 aromatic carbocycles. The second-order valence-electron chi connectivity index (χ2n) is 4.87. The van der Waals surface area contributed by atoms with Crippen LogP contribution < -0.4 is 10.9 Å². The molecule has 1 aliphatic carbocycles. The minimum absolute atomic E-state index is 0.0282. The van der Waals surface area contributed by atoms with Gasteiger partial charge < -0.3 is 9.88 Å². The number of nitrogens with one attached hydrogen (secondary N) is 1. The van der Waals surface area contributed by atoms with Crippen molar-refractivity contribution in [2.75, 3.05) is 11.2 Å². The number of hydrogen-bond acceptors (Lipinski definition) is 3. The van der Waals surface area contributed by atoms with Crippen LogP contribution in [0.15, 0.2) is 17.2 Å². The average Bonchev–Trinajstić information content (AvgIpc) is 2.82. The van der Waals surface area contributed by atoms with E-state index in [0.717, 1.165) is 25.8 Å². The topological polar surface area (TPSA) is 46.9 Å². The van der Waals surface area contributed by atoms with E-state index in [1.165, 1.54) is 6.42 Å². The van der Waals surface area contributed by atoms with Crippen LogP contribution in [-0.4, -0.2) is 21.5 Å². The van der Waals surface area contributed by atoms with Crippen LogP contribution in [0.3, 0.4) is 0 Å². The van der Waals surface area contributed by atoms with Crippen LogP contribution in [0.1, 0.15) is 32.6 Å². The van der Waals surface area contributed by atoms with E-state index in [-0.39, 0.29) is 5.56 Å². The zero-order valence-electron chi connectivity index (χ0n) is 10.7. The molecule has 1 saturated carbocycles. The third-order valence-corrected chi connectivity index (χ3v) is 3.95. The Bertz CT molecular complexity index is 446. The molecular weight excluding hydrogens is 250 g/mol. The summed E-state index contributed by atoms with van der Waals surface area (Å²) in [5.41, 5.74) is -0.0282. The van der Waals surface area contributed by atoms with Gasteiger partial charge in [-0.05, 0) is 25.2 Å². The number of rotatable bonds is 5. The fourth-order valence-corrected chi connectivity index (χ4v) is 2.92. The highest BCUT2D eigenvalue weighted by Gasteiger charge is 2.27. The third-order valence-electron chi connectivity index (χ3n) is 3.56. The fraction of sp³-hybridized carbons (Fsp3) is 0.692. The van der Waals surface area contributed by atoms with Crippen LogP contribution in [0.25, 0.3) is 0 Å². The summed E-state index contributed by atoms with van der Waals surface area (Å²) in [7, 11) is 0. The summed E-state index contributed by atoms with van der Waals surface area (Å²) in [4.78, 5) is 16.3. The summed E-state index contributed by atoms with van der Waals surface area (Å²) in [5.74, 6) is 1.56. The molecule has 1 aliphatic rings. The van der Waals surface area contributed by atoms with E-state index < -0.39 is 0 Å². The zero-order valence-corrected chi connectivity index (χ0v) is 11.5. The van der Waals surface area contributed by atoms with E-state index in [9.17, 15) is 4.79 Å². The van der Waals surface area contributed by atoms with Crippen molar-refractivity contribution in [3.8, 4) is 0 Å². The van der Waals surface area contributed by atoms with Gasteiger partial charge in [-0.1, -0.05) is 13.3 Å². The van der Waals surface area contributed by atoms with Crippen LogP contribution in [0.4, 0.5) is 5.82 Å². The Morgan fingerprint density at radius 1 is 1.56 bits per heavy atom. The molecule has 2 rings (SSSR count). The maximum atomic E-state index is 12.1. The second kappa shape index (κ2) is 6.23. The number of aromatic nitrogens is 2. The largest absolute Gasteiger partial charge is 0.362 e. The molecule has 1 fully saturated rings. The smallest absolute Gasteiger partial charge is 0.293 e. The summed E-state index contributed by atoms with van der Waals surface area (Å²) in [6.45, 7) is 2.79. The molecule has 0 aliphatic heterocycles. The van der Waals surface area contributed by atoms with Gasteiger partial charge in [0.2, 0.25) is 0 Å². The van der Waals surface area contributed by atoms with Gasteiger partial charge in [-0.3, -0.25) is 4.79 Å². The number of aryl methyl sites for hydroxylation is 1. The highest BCUT2D eigenvalue weighted by molar-refractivity contribution is 6.18. The standard InChI is InChI=1S/C13H20ClN3O/c1-2-7-17-8-6-15-12(13(17)18)16-11-5-3-4-10(11)9-14/h6,8,10-11H,2-5,7,9H2,1H3,(H,15,16). The van der Waals surface area contributed by atoms with Gasteiger partial charge in [-0.15, -0.1) is 11.6 Å². The summed E-state index contributed by atoms with van der Waals surface area (Å²) in [5, 5.41) is 3.28. The molecular formula is C13H20ClN3O. The third kappa shape index (κ3) is 2.86. The number of anilines is 1. The van der Waals surface area contributed by atoms with Gasteiger partial charge in [0, 0.05) is 30.9 Å². The molecule has 18 heavy (non-hydrogen) atoms. The molecule has 2 unspecified atom stereocenters. The van der Waals surface area contributed by atoms with Gasteiger partial charge in [0.05, 0.1) is 0 Å². The van der Waals surface area contributed by atoms with Crippen molar-refractivity contribution >= 4 is 17.4 Å². The Morgan fingerprint density at radius 3 is 3.11 bits per heavy atom. The Hall–Kier alpha value is -1.03. The number of nitrogens with zero attached hydrogens (tertiary/aromatic N) is 2. The number of halogens is 1. The molecule has 0 spiro atoms. The molecule has 1 heterocycles. The first-order valence-electron chi connectivity index (χ1n) is 6.64. The van der Waals surface area contributed by atoms with Gasteiger partial charge in [0.25, 0.3) is 5.56 Å². The number of hydrogen-bond donors (Lipinski definition) is 1. The normalized spacial score (nSPS) is 23.2. The molecule has 1 aromatic rings. The molecule has 0 radical (unpaired) electrons. The molecule has 5 heteroatoms. The lowest BCUT2D eigenvalue weighted by atomic mass is 10.1. The summed E-state index contributed by atoms with van der Waals surface area (Å²) < 4.78 is 1.71. The summed E-state index contributed by atoms with van der Waals surface area (Å²) in [6, 6.07) is 0.292. The van der Waals surface area contributed by atoms with Crippen molar-refractivity contribution in [3.63, 3.8) is 0 Å². The predicted octanol–water partition coefficient (Wildman–Crippen LogP) is 2.47. The molecule has 0 bridgehead atoms. The van der Waals surface area contributed by atoms with Crippen molar-refractivity contribution in [2.45, 2.75) is 45.2 Å². The van der Waals surface area contributed by atoms with Crippen LogP contribution in [-0.2, 0) is 6.54 Å². The van der Waals surface area contributed by atoms with E-state index in [1.54, 1.807) is 17.0 Å². The SMILES string of the molecule is CCCn1ccnc(NC2CCCC2CCl)c1=O. The lowest BCUT2D eigenvalue weighted by Crippen LogP contribution is -2.31. The monoisotopic (exact) mass is 269 g/mol. The summed E-state index contributed by atoms with van der Waals surface area (Å²) in [6.07, 6.45) is 7.75. The first kappa shape index (κ1) is 13.4. The lowest BCUT2D eigenvalue weighted by molar-refractivity contribution is 0.558. The van der Waals surface area contributed by atoms with Crippen LogP contribution in [0.2, 0.25) is 0 Å². The molecule has 100 valence electrons. The highest BCUT2D eigenvalue weighted by atomic mass is 35.5. The first-order valence-corrected chi connectivity index (χ1v) is 7.17. The van der Waals surface area contributed by atoms with E-state index >= 15 is 0 Å². The van der Waals surface area contributed by atoms with Crippen molar-refractivity contribution in [3.05, 3.63) is 22.7 Å². The first-order chi connectivity index (χ1) is 8.76. The number of alkyl halides is 1. The van der Waals surface area contributed by atoms with Gasteiger partial charge in [-0.2, -0.15) is 0 Å². The molecule has 1 N–H and O–H groups in total. The molecule has 1 aromatic heterocycles. The van der Waals surface area contributed by atoms with Gasteiger partial charge >= 0.3 is 0 Å². The van der Waals surface area contributed by atoms with E-state index in [0.29, 0.717) is 23.7 Å². The summed E-state index contributed by atoms with van der Waals surface area (Å²) >= 11 is 5.95. The van der Waals surface area contributed by atoms with Crippen molar-refractivity contribution in [1.82, 2.24) is 9.55 Å². The Kier molecular flexibility index (Phi) is 4.64. The van der Waals surface area contributed by atoms with E-state index in [1.807, 2.05) is 0 Å². The Labute approximate surface area is 112 Å². The average molecular weight is 270 g/mol. The van der Waals surface area contributed by atoms with Gasteiger partial charge in [-0.25, -0.2) is 4.98 Å². The van der Waals surface area contributed by atoms with Gasteiger partial charge in [0.15, 0.2) is 5.82 Å². The van der Waals surface area contributed by atoms with E-state index in [4.69, 9.17) is 11.6 Å². The zero-order chi connectivity index (χ0) is 13.0.